The van der Waals surface area contributed by atoms with Gasteiger partial charge in [-0.2, -0.15) is 0 Å². The number of esters is 1. The van der Waals surface area contributed by atoms with Crippen molar-refractivity contribution in [3.63, 3.8) is 0 Å². The molecule has 0 unspecified atom stereocenters. The van der Waals surface area contributed by atoms with Crippen LogP contribution < -0.4 is 10.5 Å². The molecule has 0 aliphatic carbocycles. The standard InChI is InChI=1S/C18H14BrFN2O3/c1-24-18(23)15-16(25-9-10-5-3-2-4-6-10)11-7-8-12(20)14(19)13(11)17(21)22-15/h2-8H,9H2,1H3,(H2,21,22). The normalized spacial score (nSPS) is 10.7. The number of nitrogens with zero attached hydrogens (tertiary/aromatic N) is 1. The van der Waals surface area contributed by atoms with Crippen molar-refractivity contribution in [3.05, 3.63) is 64.0 Å². The second kappa shape index (κ2) is 7.06. The Morgan fingerprint density at radius 3 is 2.64 bits per heavy atom. The monoisotopic (exact) mass is 404 g/mol. The number of ether oxygens (including phenoxy) is 2. The van der Waals surface area contributed by atoms with Gasteiger partial charge in [-0.3, -0.25) is 0 Å². The Balaban J connectivity index is 2.17. The fraction of sp³-hybridized carbons (Fsp3) is 0.111. The van der Waals surface area contributed by atoms with E-state index in [1.165, 1.54) is 19.2 Å². The van der Waals surface area contributed by atoms with E-state index < -0.39 is 11.8 Å². The van der Waals surface area contributed by atoms with Crippen molar-refractivity contribution in [1.29, 1.82) is 0 Å². The predicted octanol–water partition coefficient (Wildman–Crippen LogP) is 4.08. The lowest BCUT2D eigenvalue weighted by atomic mass is 10.1. The maximum atomic E-state index is 13.9. The lowest BCUT2D eigenvalue weighted by molar-refractivity contribution is 0.0589. The summed E-state index contributed by atoms with van der Waals surface area (Å²) in [5, 5.41) is 0.813. The van der Waals surface area contributed by atoms with E-state index in [4.69, 9.17) is 15.2 Å². The third kappa shape index (κ3) is 3.28. The number of hydrogen-bond donors (Lipinski definition) is 1. The van der Waals surface area contributed by atoms with Crippen LogP contribution in [-0.4, -0.2) is 18.1 Å². The van der Waals surface area contributed by atoms with Crippen LogP contribution in [0.4, 0.5) is 10.2 Å². The van der Waals surface area contributed by atoms with Crippen LogP contribution in [0.15, 0.2) is 46.9 Å². The fourth-order valence-electron chi connectivity index (χ4n) is 2.46. The zero-order valence-electron chi connectivity index (χ0n) is 13.3. The van der Waals surface area contributed by atoms with Gasteiger partial charge in [-0.25, -0.2) is 14.2 Å². The predicted molar refractivity (Wildman–Crippen MR) is 95.9 cm³/mol. The van der Waals surface area contributed by atoms with E-state index in [9.17, 15) is 9.18 Å². The summed E-state index contributed by atoms with van der Waals surface area (Å²) in [4.78, 5) is 16.2. The number of methoxy groups -OCH3 is 1. The van der Waals surface area contributed by atoms with Gasteiger partial charge in [0, 0.05) is 10.8 Å². The minimum Gasteiger partial charge on any atom is -0.486 e. The second-order valence-corrected chi connectivity index (χ2v) is 6.02. The maximum absolute atomic E-state index is 13.9. The summed E-state index contributed by atoms with van der Waals surface area (Å²) < 4.78 is 24.6. The van der Waals surface area contributed by atoms with E-state index in [0.29, 0.717) is 10.8 Å². The molecule has 3 aromatic rings. The molecule has 1 heterocycles. The first-order valence-corrected chi connectivity index (χ1v) is 8.14. The van der Waals surface area contributed by atoms with Crippen molar-refractivity contribution in [2.75, 3.05) is 12.8 Å². The largest absolute Gasteiger partial charge is 0.486 e. The number of pyridine rings is 1. The molecule has 0 saturated heterocycles. The van der Waals surface area contributed by atoms with E-state index in [0.717, 1.165) is 5.56 Å². The number of anilines is 1. The first kappa shape index (κ1) is 17.2. The van der Waals surface area contributed by atoms with Gasteiger partial charge in [0.25, 0.3) is 0 Å². The molecule has 0 aliphatic heterocycles. The number of fused-ring (bicyclic) bond motifs is 1. The molecule has 7 heteroatoms. The number of hydrogen-bond acceptors (Lipinski definition) is 5. The fourth-order valence-corrected chi connectivity index (χ4v) is 3.00. The lowest BCUT2D eigenvalue weighted by Gasteiger charge is -2.15. The van der Waals surface area contributed by atoms with Crippen molar-refractivity contribution in [3.8, 4) is 5.75 Å². The smallest absolute Gasteiger partial charge is 0.360 e. The van der Waals surface area contributed by atoms with Gasteiger partial charge in [0.15, 0.2) is 11.4 Å². The summed E-state index contributed by atoms with van der Waals surface area (Å²) in [5.41, 5.74) is 6.78. The average Bonchev–Trinajstić information content (AvgIpc) is 2.63. The number of nitrogens with two attached hydrogens (primary N) is 1. The molecule has 0 radical (unpaired) electrons. The molecule has 2 aromatic carbocycles. The van der Waals surface area contributed by atoms with Crippen LogP contribution in [0.3, 0.4) is 0 Å². The van der Waals surface area contributed by atoms with E-state index in [-0.39, 0.29) is 28.3 Å². The molecule has 0 spiro atoms. The first-order chi connectivity index (χ1) is 12.0. The van der Waals surface area contributed by atoms with Crippen molar-refractivity contribution >= 4 is 38.5 Å². The summed E-state index contributed by atoms with van der Waals surface area (Å²) in [6.07, 6.45) is 0. The highest BCUT2D eigenvalue weighted by Gasteiger charge is 2.23. The van der Waals surface area contributed by atoms with Gasteiger partial charge in [0.05, 0.1) is 11.6 Å². The van der Waals surface area contributed by atoms with Crippen molar-refractivity contribution in [2.24, 2.45) is 0 Å². The number of nitrogen functional groups attached to an aromatic ring is 1. The zero-order chi connectivity index (χ0) is 18.0. The summed E-state index contributed by atoms with van der Waals surface area (Å²) in [5.74, 6) is -0.965. The molecular formula is C18H14BrFN2O3. The average molecular weight is 405 g/mol. The molecule has 1 aromatic heterocycles. The third-order valence-electron chi connectivity index (χ3n) is 3.65. The van der Waals surface area contributed by atoms with Gasteiger partial charge < -0.3 is 15.2 Å². The Morgan fingerprint density at radius 2 is 1.96 bits per heavy atom. The molecule has 0 atom stereocenters. The number of rotatable bonds is 4. The van der Waals surface area contributed by atoms with E-state index >= 15 is 0 Å². The van der Waals surface area contributed by atoms with Gasteiger partial charge in [0.1, 0.15) is 18.2 Å². The van der Waals surface area contributed by atoms with E-state index in [1.54, 1.807) is 0 Å². The SMILES string of the molecule is COC(=O)c1nc(N)c2c(Br)c(F)ccc2c1OCc1ccccc1. The van der Waals surface area contributed by atoms with Crippen LogP contribution in [0.1, 0.15) is 16.1 Å². The minimum atomic E-state index is -0.683. The summed E-state index contributed by atoms with van der Waals surface area (Å²) >= 11 is 3.17. The van der Waals surface area contributed by atoms with Crippen LogP contribution in [0, 0.1) is 5.82 Å². The molecule has 0 saturated carbocycles. The summed E-state index contributed by atoms with van der Waals surface area (Å²) in [6.45, 7) is 0.209. The number of aromatic nitrogens is 1. The van der Waals surface area contributed by atoms with Crippen LogP contribution in [0.25, 0.3) is 10.8 Å². The van der Waals surface area contributed by atoms with Crippen LogP contribution in [0.5, 0.6) is 5.75 Å². The Morgan fingerprint density at radius 1 is 1.24 bits per heavy atom. The van der Waals surface area contributed by atoms with Crippen LogP contribution in [-0.2, 0) is 11.3 Å². The van der Waals surface area contributed by atoms with Gasteiger partial charge in [-0.05, 0) is 33.6 Å². The molecule has 3 rings (SSSR count). The summed E-state index contributed by atoms with van der Waals surface area (Å²) in [7, 11) is 1.24. The Hall–Kier alpha value is -2.67. The van der Waals surface area contributed by atoms with Crippen molar-refractivity contribution in [1.82, 2.24) is 4.98 Å². The van der Waals surface area contributed by atoms with Gasteiger partial charge >= 0.3 is 5.97 Å². The van der Waals surface area contributed by atoms with Crippen molar-refractivity contribution < 1.29 is 18.7 Å². The zero-order valence-corrected chi connectivity index (χ0v) is 14.8. The Bertz CT molecular complexity index is 948. The number of carbonyl (C=O) groups excluding carboxylic acids is 1. The Labute approximate surface area is 151 Å². The Kier molecular flexibility index (Phi) is 4.85. The maximum Gasteiger partial charge on any atom is 0.360 e. The van der Waals surface area contributed by atoms with E-state index in [1.807, 2.05) is 30.3 Å². The quantitative estimate of drug-likeness (QED) is 0.662. The highest BCUT2D eigenvalue weighted by Crippen LogP contribution is 2.38. The van der Waals surface area contributed by atoms with Crippen LogP contribution in [0.2, 0.25) is 0 Å². The van der Waals surface area contributed by atoms with Crippen molar-refractivity contribution in [2.45, 2.75) is 6.61 Å². The molecule has 0 bridgehead atoms. The molecule has 25 heavy (non-hydrogen) atoms. The summed E-state index contributed by atoms with van der Waals surface area (Å²) in [6, 6.07) is 12.2. The van der Waals surface area contributed by atoms with Gasteiger partial charge in [-0.15, -0.1) is 0 Å². The highest BCUT2D eigenvalue weighted by atomic mass is 79.9. The molecular weight excluding hydrogens is 391 g/mol. The third-order valence-corrected chi connectivity index (χ3v) is 4.42. The molecule has 0 aliphatic rings. The topological polar surface area (TPSA) is 74.4 Å². The highest BCUT2D eigenvalue weighted by molar-refractivity contribution is 9.10. The minimum absolute atomic E-state index is 0.00818. The number of carbonyl (C=O) groups is 1. The molecule has 0 amide bonds. The van der Waals surface area contributed by atoms with Gasteiger partial charge in [0.2, 0.25) is 0 Å². The second-order valence-electron chi connectivity index (χ2n) is 5.22. The lowest BCUT2D eigenvalue weighted by Crippen LogP contribution is -2.11. The molecule has 128 valence electrons. The number of halogens is 2. The van der Waals surface area contributed by atoms with E-state index in [2.05, 4.69) is 20.9 Å². The molecule has 5 nitrogen and oxygen atoms in total. The molecule has 2 N–H and O–H groups in total. The van der Waals surface area contributed by atoms with Crippen LogP contribution >= 0.6 is 15.9 Å². The first-order valence-electron chi connectivity index (χ1n) is 7.35. The van der Waals surface area contributed by atoms with Gasteiger partial charge in [-0.1, -0.05) is 30.3 Å². The molecule has 0 fully saturated rings. The number of benzene rings is 2.